The number of nitriles is 1. The summed E-state index contributed by atoms with van der Waals surface area (Å²) in [6, 6.07) is 9.52. The van der Waals surface area contributed by atoms with Crippen LogP contribution in [0.5, 0.6) is 0 Å². The van der Waals surface area contributed by atoms with Crippen LogP contribution in [0.15, 0.2) is 36.8 Å². The standard InChI is InChI=1S/C13H11N4S/c14-6-10-1-3-11(4-2-10)8-17-9-16-7-12(17)5-13(15)18/h1-5,7,9H,8H2,(H2,15,18). The maximum absolute atomic E-state index is 8.73. The van der Waals surface area contributed by atoms with Crippen LogP contribution >= 0.6 is 12.2 Å². The van der Waals surface area contributed by atoms with Crippen molar-refractivity contribution in [1.29, 1.82) is 5.26 Å². The molecule has 0 amide bonds. The summed E-state index contributed by atoms with van der Waals surface area (Å²) in [5.41, 5.74) is 8.09. The van der Waals surface area contributed by atoms with Gasteiger partial charge in [0.15, 0.2) is 0 Å². The SMILES string of the molecule is N#Cc1ccc(Cn2cncc2[CH]C(N)=S)cc1. The highest BCUT2D eigenvalue weighted by molar-refractivity contribution is 7.80. The zero-order valence-electron chi connectivity index (χ0n) is 9.58. The lowest BCUT2D eigenvalue weighted by Crippen LogP contribution is -2.12. The predicted octanol–water partition coefficient (Wildman–Crippen LogP) is 1.64. The molecule has 2 aromatic rings. The Labute approximate surface area is 111 Å². The zero-order valence-corrected chi connectivity index (χ0v) is 10.4. The average molecular weight is 255 g/mol. The molecule has 0 spiro atoms. The molecule has 4 nitrogen and oxygen atoms in total. The van der Waals surface area contributed by atoms with Crippen LogP contribution in [0.4, 0.5) is 0 Å². The Morgan fingerprint density at radius 1 is 1.44 bits per heavy atom. The van der Waals surface area contributed by atoms with E-state index in [9.17, 15) is 0 Å². The van der Waals surface area contributed by atoms with E-state index in [-0.39, 0.29) is 0 Å². The van der Waals surface area contributed by atoms with E-state index in [2.05, 4.69) is 11.1 Å². The van der Waals surface area contributed by atoms with Crippen molar-refractivity contribution < 1.29 is 0 Å². The zero-order chi connectivity index (χ0) is 13.0. The minimum Gasteiger partial charge on any atom is -0.393 e. The van der Waals surface area contributed by atoms with E-state index in [1.165, 1.54) is 0 Å². The van der Waals surface area contributed by atoms with Gasteiger partial charge in [-0.3, -0.25) is 0 Å². The van der Waals surface area contributed by atoms with Gasteiger partial charge in [0.25, 0.3) is 0 Å². The number of thiocarbonyl (C=S) groups is 1. The van der Waals surface area contributed by atoms with Crippen LogP contribution in [0.1, 0.15) is 16.8 Å². The van der Waals surface area contributed by atoms with Gasteiger partial charge >= 0.3 is 0 Å². The maximum atomic E-state index is 8.73. The van der Waals surface area contributed by atoms with Gasteiger partial charge in [0.1, 0.15) is 0 Å². The fourth-order valence-electron chi connectivity index (χ4n) is 1.61. The summed E-state index contributed by atoms with van der Waals surface area (Å²) in [7, 11) is 0. The molecule has 1 aromatic heterocycles. The van der Waals surface area contributed by atoms with Crippen LogP contribution in [0, 0.1) is 17.8 Å². The third-order valence-corrected chi connectivity index (χ3v) is 2.59. The van der Waals surface area contributed by atoms with Gasteiger partial charge in [-0.15, -0.1) is 0 Å². The Kier molecular flexibility index (Phi) is 3.70. The Hall–Kier alpha value is -2.19. The Morgan fingerprint density at radius 3 is 2.78 bits per heavy atom. The molecule has 2 N–H and O–H groups in total. The third-order valence-electron chi connectivity index (χ3n) is 2.47. The molecule has 89 valence electrons. The van der Waals surface area contributed by atoms with Gasteiger partial charge in [-0.2, -0.15) is 5.26 Å². The van der Waals surface area contributed by atoms with Gasteiger partial charge in [-0.05, 0) is 17.7 Å². The minimum atomic E-state index is 0.330. The quantitative estimate of drug-likeness (QED) is 0.843. The molecule has 0 saturated heterocycles. The van der Waals surface area contributed by atoms with E-state index in [0.717, 1.165) is 11.3 Å². The molecule has 0 atom stereocenters. The molecule has 1 radical (unpaired) electrons. The summed E-state index contributed by atoms with van der Waals surface area (Å²) in [5, 5.41) is 8.73. The van der Waals surface area contributed by atoms with Crippen LogP contribution in [-0.2, 0) is 6.54 Å². The van der Waals surface area contributed by atoms with Crippen LogP contribution < -0.4 is 5.73 Å². The number of hydrogen-bond acceptors (Lipinski definition) is 3. The van der Waals surface area contributed by atoms with Crippen molar-refractivity contribution in [3.63, 3.8) is 0 Å². The second kappa shape index (κ2) is 5.43. The summed E-state index contributed by atoms with van der Waals surface area (Å²) in [6.45, 7) is 0.667. The van der Waals surface area contributed by atoms with E-state index in [4.69, 9.17) is 23.2 Å². The molecule has 1 heterocycles. The summed E-state index contributed by atoms with van der Waals surface area (Å²) in [4.78, 5) is 4.40. The first-order chi connectivity index (χ1) is 8.69. The largest absolute Gasteiger partial charge is 0.393 e. The Balaban J connectivity index is 2.16. The molecule has 1 aromatic carbocycles. The average Bonchev–Trinajstić information content (AvgIpc) is 2.77. The van der Waals surface area contributed by atoms with Crippen LogP contribution in [0.25, 0.3) is 0 Å². The van der Waals surface area contributed by atoms with E-state index in [1.54, 1.807) is 31.1 Å². The number of imidazole rings is 1. The summed E-state index contributed by atoms with van der Waals surface area (Å²) in [5.74, 6) is 0. The molecule has 2 rings (SSSR count). The molecule has 0 aliphatic carbocycles. The second-order valence-corrected chi connectivity index (χ2v) is 4.27. The minimum absolute atomic E-state index is 0.330. The van der Waals surface area contributed by atoms with Gasteiger partial charge < -0.3 is 10.3 Å². The van der Waals surface area contributed by atoms with Gasteiger partial charge in [0.05, 0.1) is 29.4 Å². The smallest absolute Gasteiger partial charge is 0.0991 e. The summed E-state index contributed by atoms with van der Waals surface area (Å²) < 4.78 is 1.94. The number of nitrogens with zero attached hydrogens (tertiary/aromatic N) is 3. The monoisotopic (exact) mass is 255 g/mol. The maximum Gasteiger partial charge on any atom is 0.0991 e. The highest BCUT2D eigenvalue weighted by Gasteiger charge is 2.04. The van der Waals surface area contributed by atoms with Crippen molar-refractivity contribution >= 4 is 17.2 Å². The number of benzene rings is 1. The number of nitrogens with two attached hydrogens (primary N) is 1. The van der Waals surface area contributed by atoms with Crippen molar-refractivity contribution in [3.8, 4) is 6.07 Å². The lowest BCUT2D eigenvalue weighted by molar-refractivity contribution is 0.779. The molecule has 5 heteroatoms. The Morgan fingerprint density at radius 2 is 2.17 bits per heavy atom. The predicted molar refractivity (Wildman–Crippen MR) is 72.7 cm³/mol. The normalized spacial score (nSPS) is 9.94. The van der Waals surface area contributed by atoms with Crippen molar-refractivity contribution in [1.82, 2.24) is 9.55 Å². The van der Waals surface area contributed by atoms with Gasteiger partial charge in [-0.25, -0.2) is 4.98 Å². The van der Waals surface area contributed by atoms with Crippen LogP contribution in [-0.4, -0.2) is 14.5 Å². The van der Waals surface area contributed by atoms with Crippen LogP contribution in [0.2, 0.25) is 0 Å². The number of rotatable bonds is 4. The topological polar surface area (TPSA) is 67.6 Å². The molecule has 0 saturated carbocycles. The highest BCUT2D eigenvalue weighted by atomic mass is 32.1. The number of aromatic nitrogens is 2. The van der Waals surface area contributed by atoms with Gasteiger partial charge in [0.2, 0.25) is 0 Å². The molecule has 0 bridgehead atoms. The summed E-state index contributed by atoms with van der Waals surface area (Å²) in [6.07, 6.45) is 5.14. The second-order valence-electron chi connectivity index (χ2n) is 3.80. The third kappa shape index (κ3) is 2.93. The van der Waals surface area contributed by atoms with E-state index in [1.807, 2.05) is 16.7 Å². The molecule has 0 aliphatic heterocycles. The van der Waals surface area contributed by atoms with Crippen molar-refractivity contribution in [2.24, 2.45) is 5.73 Å². The first kappa shape index (κ1) is 12.3. The van der Waals surface area contributed by atoms with Gasteiger partial charge in [-0.1, -0.05) is 24.4 Å². The first-order valence-corrected chi connectivity index (χ1v) is 5.73. The molecule has 0 unspecified atom stereocenters. The van der Waals surface area contributed by atoms with Crippen molar-refractivity contribution in [3.05, 3.63) is 60.0 Å². The number of hydrogen-bond donors (Lipinski definition) is 1. The van der Waals surface area contributed by atoms with Crippen molar-refractivity contribution in [2.75, 3.05) is 0 Å². The first-order valence-electron chi connectivity index (χ1n) is 5.32. The molecular formula is C13H11N4S. The summed E-state index contributed by atoms with van der Waals surface area (Å²) >= 11 is 4.85. The van der Waals surface area contributed by atoms with E-state index in [0.29, 0.717) is 17.1 Å². The fraction of sp³-hybridized carbons (Fsp3) is 0.0769. The van der Waals surface area contributed by atoms with E-state index >= 15 is 0 Å². The fourth-order valence-corrected chi connectivity index (χ4v) is 1.73. The highest BCUT2D eigenvalue weighted by Crippen LogP contribution is 2.09. The van der Waals surface area contributed by atoms with E-state index < -0.39 is 0 Å². The lowest BCUT2D eigenvalue weighted by Gasteiger charge is -2.07. The molecule has 18 heavy (non-hydrogen) atoms. The van der Waals surface area contributed by atoms with Gasteiger partial charge in [0, 0.05) is 18.4 Å². The van der Waals surface area contributed by atoms with Crippen molar-refractivity contribution in [2.45, 2.75) is 6.54 Å². The molecule has 0 aliphatic rings. The Bertz CT molecular complexity index is 592. The lowest BCUT2D eigenvalue weighted by atomic mass is 10.1. The molecule has 0 fully saturated rings. The molecular weight excluding hydrogens is 244 g/mol. The van der Waals surface area contributed by atoms with Crippen LogP contribution in [0.3, 0.4) is 0 Å².